The summed E-state index contributed by atoms with van der Waals surface area (Å²) in [5.74, 6) is 1.23. The summed E-state index contributed by atoms with van der Waals surface area (Å²) in [5.41, 5.74) is 5.25. The van der Waals surface area contributed by atoms with Gasteiger partial charge in [0.25, 0.3) is 0 Å². The highest BCUT2D eigenvalue weighted by atomic mass is 15.4. The molecule has 1 aromatic heterocycles. The molecule has 2 aliphatic heterocycles. The molecule has 0 spiro atoms. The molecular formula is C21H30N4. The van der Waals surface area contributed by atoms with Crippen LogP contribution in [0.15, 0.2) is 24.3 Å². The van der Waals surface area contributed by atoms with Crippen LogP contribution >= 0.6 is 0 Å². The molecule has 0 radical (unpaired) electrons. The van der Waals surface area contributed by atoms with Crippen LogP contribution in [0, 0.1) is 6.92 Å². The quantitative estimate of drug-likeness (QED) is 0.896. The minimum absolute atomic E-state index is 0.485. The molecule has 1 aromatic carbocycles. The van der Waals surface area contributed by atoms with Crippen LogP contribution in [0.2, 0.25) is 0 Å². The van der Waals surface area contributed by atoms with E-state index < -0.39 is 0 Å². The summed E-state index contributed by atoms with van der Waals surface area (Å²) in [6, 6.07) is 9.23. The Kier molecular flexibility index (Phi) is 4.80. The predicted molar refractivity (Wildman–Crippen MR) is 104 cm³/mol. The van der Waals surface area contributed by atoms with Crippen molar-refractivity contribution in [1.29, 1.82) is 0 Å². The molecule has 1 fully saturated rings. The standard InChI is InChI=1S/C21H30N4/c1-3-24-15-7-5-9-19(24)20-18-8-4-6-14-22-21(18)25(23-20)17-12-10-16(2)11-13-17/h10-13,19,22H,3-9,14-15H2,1-2H3. The van der Waals surface area contributed by atoms with E-state index in [4.69, 9.17) is 5.10 Å². The average Bonchev–Trinajstić information content (AvgIpc) is 2.83. The third-order valence-electron chi connectivity index (χ3n) is 5.77. The van der Waals surface area contributed by atoms with Gasteiger partial charge in [0.05, 0.1) is 17.4 Å². The van der Waals surface area contributed by atoms with Gasteiger partial charge >= 0.3 is 0 Å². The van der Waals surface area contributed by atoms with Gasteiger partial charge in [-0.25, -0.2) is 4.68 Å². The number of nitrogens with zero attached hydrogens (tertiary/aromatic N) is 3. The van der Waals surface area contributed by atoms with Gasteiger partial charge in [0.2, 0.25) is 0 Å². The maximum Gasteiger partial charge on any atom is 0.133 e. The number of anilines is 1. The Hall–Kier alpha value is -1.81. The van der Waals surface area contributed by atoms with Gasteiger partial charge in [-0.2, -0.15) is 5.10 Å². The Morgan fingerprint density at radius 2 is 1.96 bits per heavy atom. The number of hydrogen-bond acceptors (Lipinski definition) is 3. The van der Waals surface area contributed by atoms with E-state index in [0.717, 1.165) is 19.5 Å². The number of benzene rings is 1. The third kappa shape index (κ3) is 3.20. The van der Waals surface area contributed by atoms with Crippen LogP contribution in [0.5, 0.6) is 0 Å². The minimum atomic E-state index is 0.485. The summed E-state index contributed by atoms with van der Waals surface area (Å²) < 4.78 is 2.16. The van der Waals surface area contributed by atoms with Crippen LogP contribution in [-0.2, 0) is 6.42 Å². The van der Waals surface area contributed by atoms with Crippen LogP contribution in [0.25, 0.3) is 5.69 Å². The van der Waals surface area contributed by atoms with Crippen molar-refractivity contribution in [2.24, 2.45) is 0 Å². The molecule has 1 atom stereocenters. The average molecular weight is 338 g/mol. The summed E-state index contributed by atoms with van der Waals surface area (Å²) in [6.45, 7) is 7.79. The zero-order valence-corrected chi connectivity index (χ0v) is 15.6. The highest BCUT2D eigenvalue weighted by Crippen LogP contribution is 2.37. The van der Waals surface area contributed by atoms with E-state index in [0.29, 0.717) is 6.04 Å². The lowest BCUT2D eigenvalue weighted by Gasteiger charge is -2.34. The fourth-order valence-electron chi connectivity index (χ4n) is 4.35. The molecule has 2 aliphatic rings. The van der Waals surface area contributed by atoms with Crippen molar-refractivity contribution in [2.45, 2.75) is 58.4 Å². The number of fused-ring (bicyclic) bond motifs is 1. The van der Waals surface area contributed by atoms with Crippen molar-refractivity contribution >= 4 is 5.82 Å². The molecule has 3 heterocycles. The maximum absolute atomic E-state index is 5.17. The van der Waals surface area contributed by atoms with Gasteiger partial charge in [0.1, 0.15) is 5.82 Å². The minimum Gasteiger partial charge on any atom is -0.370 e. The monoisotopic (exact) mass is 338 g/mol. The fraction of sp³-hybridized carbons (Fsp3) is 0.571. The van der Waals surface area contributed by atoms with Crippen molar-refractivity contribution in [1.82, 2.24) is 14.7 Å². The van der Waals surface area contributed by atoms with Crippen molar-refractivity contribution in [3.8, 4) is 5.69 Å². The van der Waals surface area contributed by atoms with E-state index in [1.807, 2.05) is 0 Å². The second-order valence-electron chi connectivity index (χ2n) is 7.48. The molecule has 4 nitrogen and oxygen atoms in total. The summed E-state index contributed by atoms with van der Waals surface area (Å²) in [5, 5.41) is 8.85. The van der Waals surface area contributed by atoms with E-state index in [2.05, 4.69) is 53.0 Å². The van der Waals surface area contributed by atoms with Gasteiger partial charge < -0.3 is 5.32 Å². The molecule has 4 heteroatoms. The number of aromatic nitrogens is 2. The van der Waals surface area contributed by atoms with Crippen LogP contribution in [0.1, 0.15) is 61.9 Å². The molecule has 2 aromatic rings. The molecule has 0 bridgehead atoms. The van der Waals surface area contributed by atoms with Gasteiger partial charge in [0.15, 0.2) is 0 Å². The van der Waals surface area contributed by atoms with Crippen LogP contribution in [0.4, 0.5) is 5.82 Å². The lowest BCUT2D eigenvalue weighted by Crippen LogP contribution is -2.33. The Morgan fingerprint density at radius 1 is 1.12 bits per heavy atom. The van der Waals surface area contributed by atoms with E-state index in [9.17, 15) is 0 Å². The van der Waals surface area contributed by atoms with Gasteiger partial charge in [-0.15, -0.1) is 0 Å². The number of nitrogens with one attached hydrogen (secondary N) is 1. The number of aryl methyl sites for hydroxylation is 1. The normalized spacial score (nSPS) is 21.4. The first-order chi connectivity index (χ1) is 12.3. The summed E-state index contributed by atoms with van der Waals surface area (Å²) >= 11 is 0. The zero-order valence-electron chi connectivity index (χ0n) is 15.6. The Labute approximate surface area is 151 Å². The van der Waals surface area contributed by atoms with Crippen LogP contribution in [0.3, 0.4) is 0 Å². The largest absolute Gasteiger partial charge is 0.370 e. The van der Waals surface area contributed by atoms with E-state index >= 15 is 0 Å². The van der Waals surface area contributed by atoms with Crippen molar-refractivity contribution < 1.29 is 0 Å². The molecule has 134 valence electrons. The van der Waals surface area contributed by atoms with Crippen molar-refractivity contribution in [3.05, 3.63) is 41.1 Å². The molecule has 0 saturated carbocycles. The molecular weight excluding hydrogens is 308 g/mol. The zero-order chi connectivity index (χ0) is 17.2. The fourth-order valence-corrected chi connectivity index (χ4v) is 4.35. The molecule has 1 saturated heterocycles. The van der Waals surface area contributed by atoms with Gasteiger partial charge in [-0.1, -0.05) is 31.0 Å². The lowest BCUT2D eigenvalue weighted by molar-refractivity contribution is 0.152. The number of rotatable bonds is 3. The SMILES string of the molecule is CCN1CCCCC1c1nn(-c2ccc(C)cc2)c2c1CCCCN2. The first-order valence-corrected chi connectivity index (χ1v) is 9.94. The summed E-state index contributed by atoms with van der Waals surface area (Å²) in [6.07, 6.45) is 7.53. The lowest BCUT2D eigenvalue weighted by atomic mass is 9.95. The second kappa shape index (κ2) is 7.20. The third-order valence-corrected chi connectivity index (χ3v) is 5.77. The maximum atomic E-state index is 5.17. The molecule has 1 N–H and O–H groups in total. The van der Waals surface area contributed by atoms with Crippen molar-refractivity contribution in [2.75, 3.05) is 25.0 Å². The van der Waals surface area contributed by atoms with Crippen LogP contribution in [-0.4, -0.2) is 34.3 Å². The van der Waals surface area contributed by atoms with Gasteiger partial charge in [-0.3, -0.25) is 4.90 Å². The Bertz CT molecular complexity index is 716. The molecule has 0 amide bonds. The van der Waals surface area contributed by atoms with E-state index in [1.165, 1.54) is 67.0 Å². The predicted octanol–water partition coefficient (Wildman–Crippen LogP) is 4.48. The molecule has 0 aliphatic carbocycles. The van der Waals surface area contributed by atoms with Gasteiger partial charge in [0, 0.05) is 12.1 Å². The topological polar surface area (TPSA) is 33.1 Å². The van der Waals surface area contributed by atoms with E-state index in [-0.39, 0.29) is 0 Å². The molecule has 1 unspecified atom stereocenters. The second-order valence-corrected chi connectivity index (χ2v) is 7.48. The highest BCUT2D eigenvalue weighted by Gasteiger charge is 2.30. The highest BCUT2D eigenvalue weighted by molar-refractivity contribution is 5.55. The molecule has 4 rings (SSSR count). The number of hydrogen-bond donors (Lipinski definition) is 1. The Morgan fingerprint density at radius 3 is 2.76 bits per heavy atom. The Balaban J connectivity index is 1.80. The first kappa shape index (κ1) is 16.6. The van der Waals surface area contributed by atoms with Crippen LogP contribution < -0.4 is 5.32 Å². The summed E-state index contributed by atoms with van der Waals surface area (Å²) in [7, 11) is 0. The first-order valence-electron chi connectivity index (χ1n) is 9.94. The number of likely N-dealkylation sites (tertiary alicyclic amines) is 1. The van der Waals surface area contributed by atoms with Crippen molar-refractivity contribution in [3.63, 3.8) is 0 Å². The molecule has 25 heavy (non-hydrogen) atoms. The summed E-state index contributed by atoms with van der Waals surface area (Å²) in [4.78, 5) is 2.62. The number of piperidine rings is 1. The smallest absolute Gasteiger partial charge is 0.133 e. The van der Waals surface area contributed by atoms with E-state index in [1.54, 1.807) is 0 Å². The van der Waals surface area contributed by atoms with Gasteiger partial charge in [-0.05, 0) is 64.3 Å².